The summed E-state index contributed by atoms with van der Waals surface area (Å²) >= 11 is 5.98. The van der Waals surface area contributed by atoms with Gasteiger partial charge in [0.2, 0.25) is 21.8 Å². The first-order valence-corrected chi connectivity index (χ1v) is 13.0. The predicted octanol–water partition coefficient (Wildman–Crippen LogP) is 3.67. The summed E-state index contributed by atoms with van der Waals surface area (Å²) in [6.45, 7) is 7.45. The first-order chi connectivity index (χ1) is 15.4. The number of halogens is 1. The summed E-state index contributed by atoms with van der Waals surface area (Å²) in [5.74, 6) is -0.771. The van der Waals surface area contributed by atoms with E-state index in [1.165, 1.54) is 4.90 Å². The summed E-state index contributed by atoms with van der Waals surface area (Å²) in [5, 5.41) is 3.37. The molecule has 2 aromatic rings. The maximum Gasteiger partial charge on any atom is 0.244 e. The predicted molar refractivity (Wildman–Crippen MR) is 133 cm³/mol. The van der Waals surface area contributed by atoms with Crippen molar-refractivity contribution in [1.29, 1.82) is 0 Å². The second-order valence-corrected chi connectivity index (χ2v) is 10.5. The molecule has 0 aliphatic carbocycles. The molecule has 1 atom stereocenters. The van der Waals surface area contributed by atoms with Crippen molar-refractivity contribution < 1.29 is 18.0 Å². The van der Waals surface area contributed by atoms with Crippen molar-refractivity contribution in [2.45, 2.75) is 46.7 Å². The average Bonchev–Trinajstić information content (AvgIpc) is 2.75. The van der Waals surface area contributed by atoms with Gasteiger partial charge >= 0.3 is 0 Å². The third kappa shape index (κ3) is 7.47. The van der Waals surface area contributed by atoms with Crippen molar-refractivity contribution in [1.82, 2.24) is 10.2 Å². The third-order valence-electron chi connectivity index (χ3n) is 5.30. The highest BCUT2D eigenvalue weighted by Gasteiger charge is 2.30. The molecule has 1 N–H and O–H groups in total. The van der Waals surface area contributed by atoms with Crippen molar-refractivity contribution in [2.24, 2.45) is 0 Å². The summed E-state index contributed by atoms with van der Waals surface area (Å²) in [7, 11) is -3.76. The number of hydrogen-bond donors (Lipinski definition) is 1. The fourth-order valence-corrected chi connectivity index (χ4v) is 4.37. The van der Waals surface area contributed by atoms with E-state index < -0.39 is 28.5 Å². The molecule has 180 valence electrons. The molecule has 2 rings (SSSR count). The molecule has 0 spiro atoms. The Morgan fingerprint density at radius 3 is 2.30 bits per heavy atom. The molecule has 0 fully saturated rings. The number of aryl methyl sites for hydroxylation is 2. The Kier molecular flexibility index (Phi) is 9.31. The normalized spacial score (nSPS) is 12.2. The number of nitrogens with one attached hydrogen (secondary N) is 1. The molecule has 0 aliphatic heterocycles. The Hall–Kier alpha value is -2.58. The van der Waals surface area contributed by atoms with Gasteiger partial charge in [0, 0.05) is 18.1 Å². The lowest BCUT2D eigenvalue weighted by molar-refractivity contribution is -0.139. The lowest BCUT2D eigenvalue weighted by Gasteiger charge is -2.32. The molecule has 0 saturated carbocycles. The Morgan fingerprint density at radius 2 is 1.73 bits per heavy atom. The lowest BCUT2D eigenvalue weighted by Crippen LogP contribution is -2.51. The molecule has 7 nitrogen and oxygen atoms in total. The van der Waals surface area contributed by atoms with Crippen molar-refractivity contribution in [2.75, 3.05) is 23.7 Å². The summed E-state index contributed by atoms with van der Waals surface area (Å²) in [5.41, 5.74) is 2.83. The molecule has 2 aromatic carbocycles. The maximum absolute atomic E-state index is 13.5. The van der Waals surface area contributed by atoms with E-state index >= 15 is 0 Å². The molecule has 9 heteroatoms. The second kappa shape index (κ2) is 11.5. The van der Waals surface area contributed by atoms with Crippen LogP contribution in [-0.2, 0) is 26.2 Å². The topological polar surface area (TPSA) is 86.8 Å². The first-order valence-electron chi connectivity index (χ1n) is 10.8. The van der Waals surface area contributed by atoms with Gasteiger partial charge < -0.3 is 10.2 Å². The summed E-state index contributed by atoms with van der Waals surface area (Å²) in [4.78, 5) is 27.6. The number of sulfonamides is 1. The number of anilines is 1. The van der Waals surface area contributed by atoms with E-state index in [-0.39, 0.29) is 12.5 Å². The zero-order valence-electron chi connectivity index (χ0n) is 19.8. The molecule has 0 saturated heterocycles. The van der Waals surface area contributed by atoms with E-state index in [1.54, 1.807) is 44.2 Å². The van der Waals surface area contributed by atoms with Crippen molar-refractivity contribution >= 4 is 39.1 Å². The standard InChI is InChI=1S/C24H32ClN3O4S/c1-6-13-26-24(30)19(4)27(15-20-9-11-21(25)12-10-20)23(29)16-28(33(5,31)32)22-14-17(2)7-8-18(22)3/h7-12,14,19H,6,13,15-16H2,1-5H3,(H,26,30). The van der Waals surface area contributed by atoms with Crippen LogP contribution >= 0.6 is 11.6 Å². The highest BCUT2D eigenvalue weighted by Crippen LogP contribution is 2.24. The molecule has 0 radical (unpaired) electrons. The van der Waals surface area contributed by atoms with Crippen LogP contribution in [0, 0.1) is 13.8 Å². The monoisotopic (exact) mass is 493 g/mol. The van der Waals surface area contributed by atoms with Gasteiger partial charge in [-0.05, 0) is 62.1 Å². The molecule has 0 bridgehead atoms. The number of rotatable bonds is 10. The van der Waals surface area contributed by atoms with Gasteiger partial charge in [-0.3, -0.25) is 13.9 Å². The van der Waals surface area contributed by atoms with E-state index in [1.807, 2.05) is 26.0 Å². The van der Waals surface area contributed by atoms with Crippen LogP contribution in [-0.4, -0.2) is 50.5 Å². The molecule has 2 amide bonds. The van der Waals surface area contributed by atoms with Crippen LogP contribution in [0.2, 0.25) is 5.02 Å². The van der Waals surface area contributed by atoms with Gasteiger partial charge in [-0.1, -0.05) is 42.8 Å². The summed E-state index contributed by atoms with van der Waals surface area (Å²) < 4.78 is 26.4. The number of carbonyl (C=O) groups excluding carboxylic acids is 2. The van der Waals surface area contributed by atoms with Crippen molar-refractivity contribution in [3.05, 3.63) is 64.2 Å². The molecular formula is C24H32ClN3O4S. The fraction of sp³-hybridized carbons (Fsp3) is 0.417. The van der Waals surface area contributed by atoms with Gasteiger partial charge in [0.1, 0.15) is 12.6 Å². The van der Waals surface area contributed by atoms with Gasteiger partial charge in [0.15, 0.2) is 0 Å². The van der Waals surface area contributed by atoms with E-state index in [2.05, 4.69) is 5.32 Å². The van der Waals surface area contributed by atoms with Gasteiger partial charge in [-0.25, -0.2) is 8.42 Å². The van der Waals surface area contributed by atoms with E-state index in [0.717, 1.165) is 33.7 Å². The average molecular weight is 494 g/mol. The van der Waals surface area contributed by atoms with E-state index in [0.29, 0.717) is 17.3 Å². The largest absolute Gasteiger partial charge is 0.354 e. The molecule has 0 aromatic heterocycles. The third-order valence-corrected chi connectivity index (χ3v) is 6.67. The second-order valence-electron chi connectivity index (χ2n) is 8.17. The Morgan fingerprint density at radius 1 is 1.09 bits per heavy atom. The zero-order chi connectivity index (χ0) is 24.8. The van der Waals surface area contributed by atoms with Crippen LogP contribution in [0.1, 0.15) is 37.0 Å². The molecule has 0 heterocycles. The van der Waals surface area contributed by atoms with Gasteiger partial charge in [-0.2, -0.15) is 0 Å². The number of nitrogens with zero attached hydrogens (tertiary/aromatic N) is 2. The smallest absolute Gasteiger partial charge is 0.244 e. The molecule has 33 heavy (non-hydrogen) atoms. The van der Waals surface area contributed by atoms with Crippen LogP contribution in [0.25, 0.3) is 0 Å². The quantitative estimate of drug-likeness (QED) is 0.547. The zero-order valence-corrected chi connectivity index (χ0v) is 21.3. The molecule has 0 aliphatic rings. The fourth-order valence-electron chi connectivity index (χ4n) is 3.35. The van der Waals surface area contributed by atoms with Gasteiger partial charge in [-0.15, -0.1) is 0 Å². The number of benzene rings is 2. The lowest BCUT2D eigenvalue weighted by atomic mass is 10.1. The highest BCUT2D eigenvalue weighted by molar-refractivity contribution is 7.92. The Balaban J connectivity index is 2.40. The summed E-state index contributed by atoms with van der Waals surface area (Å²) in [6.07, 6.45) is 1.83. The van der Waals surface area contributed by atoms with Crippen LogP contribution in [0.15, 0.2) is 42.5 Å². The number of carbonyl (C=O) groups is 2. The molecule has 1 unspecified atom stereocenters. The van der Waals surface area contributed by atoms with Crippen molar-refractivity contribution in [3.63, 3.8) is 0 Å². The number of hydrogen-bond acceptors (Lipinski definition) is 4. The maximum atomic E-state index is 13.5. The minimum absolute atomic E-state index is 0.140. The Bertz CT molecular complexity index is 1090. The van der Waals surface area contributed by atoms with Crippen LogP contribution in [0.5, 0.6) is 0 Å². The van der Waals surface area contributed by atoms with E-state index in [4.69, 9.17) is 11.6 Å². The summed E-state index contributed by atoms with van der Waals surface area (Å²) in [6, 6.07) is 11.6. The van der Waals surface area contributed by atoms with Crippen LogP contribution < -0.4 is 9.62 Å². The highest BCUT2D eigenvalue weighted by atomic mass is 35.5. The minimum Gasteiger partial charge on any atom is -0.354 e. The minimum atomic E-state index is -3.76. The number of amides is 2. The van der Waals surface area contributed by atoms with Crippen LogP contribution in [0.3, 0.4) is 0 Å². The SMILES string of the molecule is CCCNC(=O)C(C)N(Cc1ccc(Cl)cc1)C(=O)CN(c1cc(C)ccc1C)S(C)(=O)=O. The van der Waals surface area contributed by atoms with Crippen LogP contribution in [0.4, 0.5) is 5.69 Å². The molecular weight excluding hydrogens is 462 g/mol. The Labute approximate surface area is 201 Å². The first kappa shape index (κ1) is 26.7. The van der Waals surface area contributed by atoms with Gasteiger partial charge in [0.05, 0.1) is 11.9 Å². The van der Waals surface area contributed by atoms with Gasteiger partial charge in [0.25, 0.3) is 0 Å². The van der Waals surface area contributed by atoms with Crippen molar-refractivity contribution in [3.8, 4) is 0 Å². The van der Waals surface area contributed by atoms with E-state index in [9.17, 15) is 18.0 Å².